The zero-order valence-electron chi connectivity index (χ0n) is 11.7. The zero-order valence-corrected chi connectivity index (χ0v) is 11.7. The smallest absolute Gasteiger partial charge is 0.273 e. The number of non-ortho nitro benzene ring substituents is 1. The maximum Gasteiger partial charge on any atom is 0.273 e. The Morgan fingerprint density at radius 2 is 2.24 bits per heavy atom. The second-order valence-corrected chi connectivity index (χ2v) is 4.60. The summed E-state index contributed by atoms with van der Waals surface area (Å²) in [6.45, 7) is 1.00. The lowest BCUT2D eigenvalue weighted by molar-refractivity contribution is -0.385. The largest absolute Gasteiger partial charge is 0.496 e. The number of rotatable bonds is 7. The fourth-order valence-electron chi connectivity index (χ4n) is 1.96. The van der Waals surface area contributed by atoms with Crippen LogP contribution >= 0.6 is 0 Å². The van der Waals surface area contributed by atoms with Gasteiger partial charge in [-0.25, -0.2) is 4.68 Å². The van der Waals surface area contributed by atoms with E-state index in [9.17, 15) is 10.1 Å². The molecule has 0 fully saturated rings. The number of methoxy groups -OCH3 is 1. The number of aromatic nitrogens is 3. The molecule has 1 heterocycles. The van der Waals surface area contributed by atoms with Gasteiger partial charge in [0.25, 0.3) is 5.69 Å². The van der Waals surface area contributed by atoms with Gasteiger partial charge in [0, 0.05) is 12.3 Å². The van der Waals surface area contributed by atoms with Crippen molar-refractivity contribution >= 4 is 5.69 Å². The molecule has 0 amide bonds. The van der Waals surface area contributed by atoms with Crippen LogP contribution in [0.15, 0.2) is 24.4 Å². The summed E-state index contributed by atoms with van der Waals surface area (Å²) in [7, 11) is 1.48. The SMILES string of the molecule is COc1cc(Cn2cc(CCCN)nn2)cc([N+](=O)[O-])c1. The van der Waals surface area contributed by atoms with E-state index in [4.69, 9.17) is 10.5 Å². The lowest BCUT2D eigenvalue weighted by Crippen LogP contribution is -2.02. The summed E-state index contributed by atoms with van der Waals surface area (Å²) in [5, 5.41) is 19.0. The van der Waals surface area contributed by atoms with Gasteiger partial charge in [-0.05, 0) is 31.0 Å². The summed E-state index contributed by atoms with van der Waals surface area (Å²) in [5.74, 6) is 0.447. The van der Waals surface area contributed by atoms with Crippen LogP contribution in [0.5, 0.6) is 5.75 Å². The maximum atomic E-state index is 10.9. The number of ether oxygens (including phenoxy) is 1. The van der Waals surface area contributed by atoms with Gasteiger partial charge in [-0.15, -0.1) is 5.10 Å². The number of nitrogens with two attached hydrogens (primary N) is 1. The Balaban J connectivity index is 2.16. The molecule has 0 bridgehead atoms. The van der Waals surface area contributed by atoms with Gasteiger partial charge >= 0.3 is 0 Å². The molecule has 0 spiro atoms. The van der Waals surface area contributed by atoms with Gasteiger partial charge in [-0.3, -0.25) is 10.1 Å². The standard InChI is InChI=1S/C13H17N5O3/c1-21-13-6-10(5-12(7-13)18(19)20)8-17-9-11(15-16-17)3-2-4-14/h5-7,9H,2-4,8,14H2,1H3. The Kier molecular flexibility index (Phi) is 4.83. The van der Waals surface area contributed by atoms with E-state index in [1.54, 1.807) is 10.7 Å². The average Bonchev–Trinajstić information content (AvgIpc) is 2.92. The maximum absolute atomic E-state index is 10.9. The second-order valence-electron chi connectivity index (χ2n) is 4.60. The van der Waals surface area contributed by atoms with Crippen LogP contribution in [0.1, 0.15) is 17.7 Å². The van der Waals surface area contributed by atoms with Crippen LogP contribution in [-0.2, 0) is 13.0 Å². The molecule has 0 aliphatic heterocycles. The number of benzene rings is 1. The first-order valence-corrected chi connectivity index (χ1v) is 6.54. The van der Waals surface area contributed by atoms with Crippen LogP contribution in [0.4, 0.5) is 5.69 Å². The second kappa shape index (κ2) is 6.80. The Morgan fingerprint density at radius 3 is 2.90 bits per heavy atom. The molecule has 21 heavy (non-hydrogen) atoms. The van der Waals surface area contributed by atoms with Crippen LogP contribution in [-0.4, -0.2) is 33.6 Å². The molecular weight excluding hydrogens is 274 g/mol. The zero-order chi connectivity index (χ0) is 15.2. The number of hydrogen-bond donors (Lipinski definition) is 1. The molecule has 2 N–H and O–H groups in total. The topological polar surface area (TPSA) is 109 Å². The Labute approximate surface area is 121 Å². The van der Waals surface area contributed by atoms with Crippen molar-refractivity contribution in [3.05, 3.63) is 45.8 Å². The molecular formula is C13H17N5O3. The van der Waals surface area contributed by atoms with Crippen molar-refractivity contribution in [3.63, 3.8) is 0 Å². The van der Waals surface area contributed by atoms with Crippen molar-refractivity contribution in [2.75, 3.05) is 13.7 Å². The number of nitro benzene ring substituents is 1. The van der Waals surface area contributed by atoms with E-state index in [1.165, 1.54) is 19.2 Å². The van der Waals surface area contributed by atoms with Gasteiger partial charge in [0.15, 0.2) is 0 Å². The van der Waals surface area contributed by atoms with Gasteiger partial charge in [0.1, 0.15) is 5.75 Å². The summed E-state index contributed by atoms with van der Waals surface area (Å²) in [6.07, 6.45) is 3.44. The van der Waals surface area contributed by atoms with E-state index < -0.39 is 4.92 Å². The highest BCUT2D eigenvalue weighted by molar-refractivity contribution is 5.42. The van der Waals surface area contributed by atoms with Crippen molar-refractivity contribution in [3.8, 4) is 5.75 Å². The molecule has 0 saturated heterocycles. The predicted octanol–water partition coefficient (Wildman–Crippen LogP) is 1.13. The number of aryl methyl sites for hydroxylation is 1. The average molecular weight is 291 g/mol. The molecule has 112 valence electrons. The van der Waals surface area contributed by atoms with Crippen molar-refractivity contribution in [2.24, 2.45) is 5.73 Å². The molecule has 0 aliphatic rings. The van der Waals surface area contributed by atoms with Crippen molar-refractivity contribution in [1.82, 2.24) is 15.0 Å². The normalized spacial score (nSPS) is 10.6. The van der Waals surface area contributed by atoms with E-state index in [2.05, 4.69) is 10.3 Å². The lowest BCUT2D eigenvalue weighted by atomic mass is 10.2. The third kappa shape index (κ3) is 3.99. The van der Waals surface area contributed by atoms with E-state index in [1.807, 2.05) is 6.20 Å². The quantitative estimate of drug-likeness (QED) is 0.605. The van der Waals surface area contributed by atoms with E-state index in [0.717, 1.165) is 24.1 Å². The fourth-order valence-corrected chi connectivity index (χ4v) is 1.96. The summed E-state index contributed by atoms with van der Waals surface area (Å²) < 4.78 is 6.72. The minimum Gasteiger partial charge on any atom is -0.496 e. The monoisotopic (exact) mass is 291 g/mol. The third-order valence-electron chi connectivity index (χ3n) is 2.97. The lowest BCUT2D eigenvalue weighted by Gasteiger charge is -2.05. The number of hydrogen-bond acceptors (Lipinski definition) is 6. The van der Waals surface area contributed by atoms with Gasteiger partial charge < -0.3 is 10.5 Å². The molecule has 8 nitrogen and oxygen atoms in total. The highest BCUT2D eigenvalue weighted by atomic mass is 16.6. The molecule has 0 saturated carbocycles. The summed E-state index contributed by atoms with van der Waals surface area (Å²) >= 11 is 0. The van der Waals surface area contributed by atoms with Gasteiger partial charge in [-0.1, -0.05) is 5.21 Å². The molecule has 8 heteroatoms. The first-order valence-electron chi connectivity index (χ1n) is 6.54. The molecule has 0 radical (unpaired) electrons. The first-order chi connectivity index (χ1) is 10.1. The molecule has 2 aromatic rings. The summed E-state index contributed by atoms with van der Waals surface area (Å²) in [6, 6.07) is 4.63. The predicted molar refractivity (Wildman–Crippen MR) is 76.1 cm³/mol. The van der Waals surface area contributed by atoms with Crippen LogP contribution in [0.3, 0.4) is 0 Å². The van der Waals surface area contributed by atoms with Crippen LogP contribution in [0.25, 0.3) is 0 Å². The summed E-state index contributed by atoms with van der Waals surface area (Å²) in [4.78, 5) is 10.5. The minimum atomic E-state index is -0.444. The van der Waals surface area contributed by atoms with E-state index in [0.29, 0.717) is 18.8 Å². The Morgan fingerprint density at radius 1 is 1.43 bits per heavy atom. The highest BCUT2D eigenvalue weighted by Crippen LogP contribution is 2.23. The van der Waals surface area contributed by atoms with Crippen LogP contribution < -0.4 is 10.5 Å². The first kappa shape index (κ1) is 14.9. The number of nitrogens with zero attached hydrogens (tertiary/aromatic N) is 4. The molecule has 1 aromatic heterocycles. The third-order valence-corrected chi connectivity index (χ3v) is 2.97. The Hall–Kier alpha value is -2.48. The van der Waals surface area contributed by atoms with E-state index >= 15 is 0 Å². The van der Waals surface area contributed by atoms with Crippen molar-refractivity contribution in [1.29, 1.82) is 0 Å². The minimum absolute atomic E-state index is 0.00665. The van der Waals surface area contributed by atoms with Crippen LogP contribution in [0, 0.1) is 10.1 Å². The highest BCUT2D eigenvalue weighted by Gasteiger charge is 2.11. The van der Waals surface area contributed by atoms with Gasteiger partial charge in [-0.2, -0.15) is 0 Å². The molecule has 0 unspecified atom stereocenters. The van der Waals surface area contributed by atoms with Crippen molar-refractivity contribution in [2.45, 2.75) is 19.4 Å². The number of nitro groups is 1. The van der Waals surface area contributed by atoms with Crippen LogP contribution in [0.2, 0.25) is 0 Å². The fraction of sp³-hybridized carbons (Fsp3) is 0.385. The van der Waals surface area contributed by atoms with E-state index in [-0.39, 0.29) is 5.69 Å². The van der Waals surface area contributed by atoms with Crippen molar-refractivity contribution < 1.29 is 9.66 Å². The molecule has 0 atom stereocenters. The van der Waals surface area contributed by atoms with Gasteiger partial charge in [0.05, 0.1) is 30.3 Å². The van der Waals surface area contributed by atoms with Gasteiger partial charge in [0.2, 0.25) is 0 Å². The molecule has 0 aliphatic carbocycles. The molecule has 1 aromatic carbocycles. The Bertz CT molecular complexity index is 626. The summed E-state index contributed by atoms with van der Waals surface area (Å²) in [5.41, 5.74) is 7.04. The molecule has 2 rings (SSSR count).